The minimum atomic E-state index is -0.851. The van der Waals surface area contributed by atoms with Crippen LogP contribution in [0.5, 0.6) is 0 Å². The van der Waals surface area contributed by atoms with Crippen molar-refractivity contribution in [1.29, 1.82) is 0 Å². The van der Waals surface area contributed by atoms with Crippen molar-refractivity contribution in [3.8, 4) is 0 Å². The van der Waals surface area contributed by atoms with Crippen LogP contribution in [0.3, 0.4) is 0 Å². The number of carbonyl (C=O) groups is 1. The largest absolute Gasteiger partial charge is 0.480 e. The Morgan fingerprint density at radius 1 is 1.42 bits per heavy atom. The topological polar surface area (TPSA) is 79.5 Å². The van der Waals surface area contributed by atoms with Crippen LogP contribution in [0.2, 0.25) is 0 Å². The Balaban J connectivity index is 2.73. The molecule has 0 fully saturated rings. The zero-order chi connectivity index (χ0) is 14.6. The summed E-state index contributed by atoms with van der Waals surface area (Å²) in [6.45, 7) is 11.1. The second-order valence-corrected chi connectivity index (χ2v) is 6.22. The van der Waals surface area contributed by atoms with Crippen molar-refractivity contribution in [1.82, 2.24) is 15.0 Å². The normalized spacial score (nSPS) is 12.4. The molecular weight excluding hydrogens is 246 g/mol. The molecule has 0 bridgehead atoms. The number of nitrogens with zero attached hydrogens (tertiary/aromatic N) is 3. The predicted octanol–water partition coefficient (Wildman–Crippen LogP) is 1.91. The van der Waals surface area contributed by atoms with E-state index in [2.05, 4.69) is 10.1 Å². The maximum atomic E-state index is 10.8. The Kier molecular flexibility index (Phi) is 5.05. The van der Waals surface area contributed by atoms with E-state index in [1.165, 1.54) is 0 Å². The van der Waals surface area contributed by atoms with Gasteiger partial charge in [0.1, 0.15) is 0 Å². The van der Waals surface area contributed by atoms with E-state index < -0.39 is 5.97 Å². The molecule has 0 aliphatic rings. The third-order valence-electron chi connectivity index (χ3n) is 2.48. The summed E-state index contributed by atoms with van der Waals surface area (Å²) in [5.41, 5.74) is -0.169. The molecule has 0 saturated carbocycles. The lowest BCUT2D eigenvalue weighted by Gasteiger charge is -2.20. The van der Waals surface area contributed by atoms with Crippen molar-refractivity contribution in [2.75, 3.05) is 13.1 Å². The highest BCUT2D eigenvalue weighted by molar-refractivity contribution is 5.69. The average Bonchev–Trinajstić information content (AvgIpc) is 2.62. The summed E-state index contributed by atoms with van der Waals surface area (Å²) in [6, 6.07) is 0. The van der Waals surface area contributed by atoms with Crippen molar-refractivity contribution in [3.63, 3.8) is 0 Å². The van der Waals surface area contributed by atoms with Crippen molar-refractivity contribution in [3.05, 3.63) is 11.7 Å². The Morgan fingerprint density at radius 2 is 2.05 bits per heavy atom. The van der Waals surface area contributed by atoms with Gasteiger partial charge in [-0.3, -0.25) is 9.69 Å². The second kappa shape index (κ2) is 6.14. The van der Waals surface area contributed by atoms with Crippen LogP contribution in [-0.4, -0.2) is 39.2 Å². The highest BCUT2D eigenvalue weighted by atomic mass is 16.5. The number of hydrogen-bond acceptors (Lipinski definition) is 5. The van der Waals surface area contributed by atoms with E-state index in [0.29, 0.717) is 30.7 Å². The van der Waals surface area contributed by atoms with Crippen LogP contribution in [-0.2, 0) is 16.8 Å². The first-order valence-electron chi connectivity index (χ1n) is 6.45. The van der Waals surface area contributed by atoms with E-state index in [4.69, 9.17) is 9.63 Å². The molecule has 6 nitrogen and oxygen atoms in total. The Morgan fingerprint density at radius 3 is 2.47 bits per heavy atom. The maximum absolute atomic E-state index is 10.8. The van der Waals surface area contributed by atoms with Gasteiger partial charge >= 0.3 is 5.97 Å². The van der Waals surface area contributed by atoms with E-state index in [-0.39, 0.29) is 12.0 Å². The number of aromatic nitrogens is 2. The molecule has 108 valence electrons. The monoisotopic (exact) mass is 269 g/mol. The molecule has 0 aliphatic heterocycles. The van der Waals surface area contributed by atoms with Crippen molar-refractivity contribution < 1.29 is 14.4 Å². The standard InChI is InChI=1S/C13H23N3O3/c1-9(2)6-16(8-11(17)18)7-10-14-12(15-19-10)13(3,4)5/h9H,6-8H2,1-5H3,(H,17,18). The smallest absolute Gasteiger partial charge is 0.317 e. The van der Waals surface area contributed by atoms with Crippen LogP contribution >= 0.6 is 0 Å². The predicted molar refractivity (Wildman–Crippen MR) is 70.7 cm³/mol. The second-order valence-electron chi connectivity index (χ2n) is 6.22. The molecule has 0 saturated heterocycles. The summed E-state index contributed by atoms with van der Waals surface area (Å²) in [5.74, 6) is 0.634. The van der Waals surface area contributed by atoms with Gasteiger partial charge in [0, 0.05) is 12.0 Å². The average molecular weight is 269 g/mol. The van der Waals surface area contributed by atoms with Crippen molar-refractivity contribution in [2.45, 2.75) is 46.6 Å². The van der Waals surface area contributed by atoms with Crippen LogP contribution in [0.15, 0.2) is 4.52 Å². The summed E-state index contributed by atoms with van der Waals surface area (Å²) in [7, 11) is 0. The highest BCUT2D eigenvalue weighted by Gasteiger charge is 2.22. The molecule has 0 unspecified atom stereocenters. The Bertz CT molecular complexity index is 421. The zero-order valence-electron chi connectivity index (χ0n) is 12.3. The first kappa shape index (κ1) is 15.6. The van der Waals surface area contributed by atoms with Gasteiger partial charge in [0.15, 0.2) is 5.82 Å². The summed E-state index contributed by atoms with van der Waals surface area (Å²) in [5, 5.41) is 12.8. The quantitative estimate of drug-likeness (QED) is 0.849. The molecule has 0 radical (unpaired) electrons. The number of carboxylic acid groups (broad SMARTS) is 1. The molecule has 0 spiro atoms. The van der Waals surface area contributed by atoms with Crippen LogP contribution < -0.4 is 0 Å². The van der Waals surface area contributed by atoms with E-state index in [0.717, 1.165) is 0 Å². The highest BCUT2D eigenvalue weighted by Crippen LogP contribution is 2.19. The van der Waals surface area contributed by atoms with Gasteiger partial charge in [-0.05, 0) is 5.92 Å². The first-order chi connectivity index (χ1) is 8.68. The van der Waals surface area contributed by atoms with Gasteiger partial charge in [0.2, 0.25) is 5.89 Å². The number of aliphatic carboxylic acids is 1. The molecule has 19 heavy (non-hydrogen) atoms. The summed E-state index contributed by atoms with van der Waals surface area (Å²) >= 11 is 0. The fourth-order valence-corrected chi connectivity index (χ4v) is 1.71. The summed E-state index contributed by atoms with van der Waals surface area (Å²) in [4.78, 5) is 17.0. The number of rotatable bonds is 6. The van der Waals surface area contributed by atoms with Gasteiger partial charge in [-0.15, -0.1) is 0 Å². The van der Waals surface area contributed by atoms with Crippen molar-refractivity contribution >= 4 is 5.97 Å². The van der Waals surface area contributed by atoms with Gasteiger partial charge < -0.3 is 9.63 Å². The van der Waals surface area contributed by atoms with Gasteiger partial charge in [0.05, 0.1) is 13.1 Å². The maximum Gasteiger partial charge on any atom is 0.317 e. The van der Waals surface area contributed by atoms with Gasteiger partial charge in [-0.1, -0.05) is 39.8 Å². The van der Waals surface area contributed by atoms with E-state index >= 15 is 0 Å². The van der Waals surface area contributed by atoms with E-state index in [1.54, 1.807) is 4.90 Å². The lowest BCUT2D eigenvalue weighted by molar-refractivity contribution is -0.138. The molecule has 1 aromatic heterocycles. The van der Waals surface area contributed by atoms with Gasteiger partial charge in [0.25, 0.3) is 0 Å². The molecule has 6 heteroatoms. The van der Waals surface area contributed by atoms with E-state index in [9.17, 15) is 4.79 Å². The van der Waals surface area contributed by atoms with Crippen molar-refractivity contribution in [2.24, 2.45) is 5.92 Å². The minimum absolute atomic E-state index is 0.0224. The SMILES string of the molecule is CC(C)CN(CC(=O)O)Cc1nc(C(C)(C)C)no1. The zero-order valence-corrected chi connectivity index (χ0v) is 12.3. The van der Waals surface area contributed by atoms with E-state index in [1.807, 2.05) is 34.6 Å². The van der Waals surface area contributed by atoms with Gasteiger partial charge in [-0.25, -0.2) is 0 Å². The Labute approximate surface area is 113 Å². The lowest BCUT2D eigenvalue weighted by atomic mass is 9.96. The molecular formula is C13H23N3O3. The molecule has 0 amide bonds. The summed E-state index contributed by atoms with van der Waals surface area (Å²) in [6.07, 6.45) is 0. The molecule has 0 aliphatic carbocycles. The molecule has 0 aromatic carbocycles. The van der Waals surface area contributed by atoms with Crippen LogP contribution in [0.25, 0.3) is 0 Å². The number of carboxylic acids is 1. The fraction of sp³-hybridized carbons (Fsp3) is 0.769. The molecule has 1 rings (SSSR count). The molecule has 1 heterocycles. The lowest BCUT2D eigenvalue weighted by Crippen LogP contribution is -2.32. The third kappa shape index (κ3) is 5.38. The van der Waals surface area contributed by atoms with Crippen LogP contribution in [0.4, 0.5) is 0 Å². The first-order valence-corrected chi connectivity index (χ1v) is 6.45. The Hall–Kier alpha value is -1.43. The summed E-state index contributed by atoms with van der Waals surface area (Å²) < 4.78 is 5.19. The molecule has 1 aromatic rings. The number of hydrogen-bond donors (Lipinski definition) is 1. The minimum Gasteiger partial charge on any atom is -0.480 e. The fourth-order valence-electron chi connectivity index (χ4n) is 1.71. The molecule has 1 N–H and O–H groups in total. The third-order valence-corrected chi connectivity index (χ3v) is 2.48. The van der Waals surface area contributed by atoms with Crippen LogP contribution in [0.1, 0.15) is 46.3 Å². The molecule has 0 atom stereocenters. The van der Waals surface area contributed by atoms with Crippen LogP contribution in [0, 0.1) is 5.92 Å². The van der Waals surface area contributed by atoms with Gasteiger partial charge in [-0.2, -0.15) is 4.98 Å².